The largest absolute Gasteiger partial charge is 0.331 e. The van der Waals surface area contributed by atoms with Gasteiger partial charge in [0.25, 0.3) is 0 Å². The first kappa shape index (κ1) is 16.8. The van der Waals surface area contributed by atoms with E-state index in [9.17, 15) is 0 Å². The summed E-state index contributed by atoms with van der Waals surface area (Å²) < 4.78 is 2.08. The minimum absolute atomic E-state index is 0. The molecule has 0 saturated heterocycles. The van der Waals surface area contributed by atoms with Crippen molar-refractivity contribution in [2.24, 2.45) is 0 Å². The molecule has 22 heavy (non-hydrogen) atoms. The van der Waals surface area contributed by atoms with Crippen LogP contribution >= 0.6 is 35.6 Å². The van der Waals surface area contributed by atoms with Crippen LogP contribution in [0.4, 0.5) is 0 Å². The zero-order chi connectivity index (χ0) is 14.8. The Bertz CT molecular complexity index is 784. The lowest BCUT2D eigenvalue weighted by Crippen LogP contribution is -2.01. The van der Waals surface area contributed by atoms with Crippen LogP contribution in [0.1, 0.15) is 11.4 Å². The fourth-order valence-corrected chi connectivity index (χ4v) is 2.47. The second-order valence-electron chi connectivity index (χ2n) is 4.81. The summed E-state index contributed by atoms with van der Waals surface area (Å²) >= 11 is 12.0. The Labute approximate surface area is 145 Å². The first-order valence-corrected chi connectivity index (χ1v) is 7.26. The molecule has 0 aliphatic rings. The molecule has 0 radical (unpaired) electrons. The van der Waals surface area contributed by atoms with E-state index in [1.807, 2.05) is 37.6 Å². The maximum absolute atomic E-state index is 6.07. The molecule has 0 N–H and O–H groups in total. The number of hydrogen-bond donors (Lipinski definition) is 0. The summed E-state index contributed by atoms with van der Waals surface area (Å²) in [5, 5.41) is 1.10. The van der Waals surface area contributed by atoms with Gasteiger partial charge in [-0.15, -0.1) is 12.4 Å². The van der Waals surface area contributed by atoms with Crippen molar-refractivity contribution in [2.45, 2.75) is 13.5 Å². The lowest BCUT2D eigenvalue weighted by Gasteiger charge is -2.08. The van der Waals surface area contributed by atoms with Gasteiger partial charge in [-0.1, -0.05) is 29.3 Å². The standard InChI is InChI=1S/C16H13Cl2N3.ClH/c1-11-20-4-5-21(11)10-12-6-14(9-19-8-12)13-2-3-15(17)16(18)7-13;/h2-9H,10H2,1H3;1H. The number of nitrogens with zero attached hydrogens (tertiary/aromatic N) is 3. The summed E-state index contributed by atoms with van der Waals surface area (Å²) in [5.74, 6) is 0.981. The first-order valence-electron chi connectivity index (χ1n) is 6.50. The summed E-state index contributed by atoms with van der Waals surface area (Å²) in [6, 6.07) is 7.70. The highest BCUT2D eigenvalue weighted by Crippen LogP contribution is 2.28. The van der Waals surface area contributed by atoms with E-state index in [0.717, 1.165) is 29.1 Å². The molecular formula is C16H14Cl3N3. The van der Waals surface area contributed by atoms with Gasteiger partial charge in [0.05, 0.1) is 16.6 Å². The maximum Gasteiger partial charge on any atom is 0.105 e. The monoisotopic (exact) mass is 353 g/mol. The van der Waals surface area contributed by atoms with Gasteiger partial charge in [-0.2, -0.15) is 0 Å². The van der Waals surface area contributed by atoms with Crippen molar-refractivity contribution in [3.63, 3.8) is 0 Å². The highest BCUT2D eigenvalue weighted by atomic mass is 35.5. The van der Waals surface area contributed by atoms with Crippen LogP contribution in [0.5, 0.6) is 0 Å². The lowest BCUT2D eigenvalue weighted by atomic mass is 10.1. The summed E-state index contributed by atoms with van der Waals surface area (Å²) in [6.07, 6.45) is 7.44. The van der Waals surface area contributed by atoms with Crippen molar-refractivity contribution in [3.8, 4) is 11.1 Å². The fraction of sp³-hybridized carbons (Fsp3) is 0.125. The quantitative estimate of drug-likeness (QED) is 0.660. The third-order valence-corrected chi connectivity index (χ3v) is 4.06. The van der Waals surface area contributed by atoms with Crippen LogP contribution in [0, 0.1) is 6.92 Å². The number of rotatable bonds is 3. The van der Waals surface area contributed by atoms with Gasteiger partial charge in [0.1, 0.15) is 5.82 Å². The van der Waals surface area contributed by atoms with Gasteiger partial charge in [0.2, 0.25) is 0 Å². The Hall–Kier alpha value is -1.55. The molecule has 0 aliphatic carbocycles. The number of hydrogen-bond acceptors (Lipinski definition) is 2. The Morgan fingerprint density at radius 1 is 1.05 bits per heavy atom. The molecule has 0 saturated carbocycles. The molecule has 3 nitrogen and oxygen atoms in total. The van der Waals surface area contributed by atoms with Crippen molar-refractivity contribution in [1.29, 1.82) is 0 Å². The van der Waals surface area contributed by atoms with E-state index < -0.39 is 0 Å². The van der Waals surface area contributed by atoms with Crippen molar-refractivity contribution in [1.82, 2.24) is 14.5 Å². The fourth-order valence-electron chi connectivity index (χ4n) is 2.18. The third kappa shape index (κ3) is 3.61. The molecule has 2 aromatic heterocycles. The molecular weight excluding hydrogens is 341 g/mol. The van der Waals surface area contributed by atoms with E-state index in [2.05, 4.69) is 20.6 Å². The number of aryl methyl sites for hydroxylation is 1. The summed E-state index contributed by atoms with van der Waals surface area (Å²) in [6.45, 7) is 2.73. The van der Waals surface area contributed by atoms with Gasteiger partial charge in [0.15, 0.2) is 0 Å². The number of halogens is 3. The zero-order valence-corrected chi connectivity index (χ0v) is 14.2. The van der Waals surface area contributed by atoms with Crippen molar-refractivity contribution >= 4 is 35.6 Å². The van der Waals surface area contributed by atoms with Crippen LogP contribution < -0.4 is 0 Å². The van der Waals surface area contributed by atoms with Crippen LogP contribution in [0.25, 0.3) is 11.1 Å². The molecule has 1 aromatic carbocycles. The van der Waals surface area contributed by atoms with E-state index in [4.69, 9.17) is 23.2 Å². The van der Waals surface area contributed by atoms with Crippen LogP contribution in [0.2, 0.25) is 10.0 Å². The smallest absolute Gasteiger partial charge is 0.105 e. The predicted molar refractivity (Wildman–Crippen MR) is 93.0 cm³/mol. The average molecular weight is 355 g/mol. The van der Waals surface area contributed by atoms with Gasteiger partial charge in [-0.3, -0.25) is 4.98 Å². The van der Waals surface area contributed by atoms with Gasteiger partial charge in [-0.05, 0) is 36.2 Å². The Balaban J connectivity index is 0.00000176. The number of benzene rings is 1. The van der Waals surface area contributed by atoms with Gasteiger partial charge >= 0.3 is 0 Å². The minimum atomic E-state index is 0. The van der Waals surface area contributed by atoms with E-state index in [-0.39, 0.29) is 12.4 Å². The van der Waals surface area contributed by atoms with Gasteiger partial charge < -0.3 is 4.57 Å². The third-order valence-electron chi connectivity index (χ3n) is 3.32. The van der Waals surface area contributed by atoms with Crippen molar-refractivity contribution in [2.75, 3.05) is 0 Å². The summed E-state index contributed by atoms with van der Waals surface area (Å²) in [4.78, 5) is 8.54. The van der Waals surface area contributed by atoms with Crippen LogP contribution in [0.15, 0.2) is 49.1 Å². The summed E-state index contributed by atoms with van der Waals surface area (Å²) in [7, 11) is 0. The van der Waals surface area contributed by atoms with E-state index in [1.165, 1.54) is 0 Å². The Morgan fingerprint density at radius 3 is 2.55 bits per heavy atom. The molecule has 0 bridgehead atoms. The Morgan fingerprint density at radius 2 is 1.86 bits per heavy atom. The normalized spacial score (nSPS) is 10.3. The number of aromatic nitrogens is 3. The van der Waals surface area contributed by atoms with Crippen LogP contribution in [-0.2, 0) is 6.54 Å². The molecule has 3 aromatic rings. The van der Waals surface area contributed by atoms with Gasteiger partial charge in [-0.25, -0.2) is 4.98 Å². The van der Waals surface area contributed by atoms with E-state index in [0.29, 0.717) is 10.0 Å². The average Bonchev–Trinajstić information content (AvgIpc) is 2.88. The molecule has 0 fully saturated rings. The Kier molecular flexibility index (Phi) is 5.46. The molecule has 0 aliphatic heterocycles. The molecule has 0 atom stereocenters. The topological polar surface area (TPSA) is 30.7 Å². The molecule has 114 valence electrons. The second kappa shape index (κ2) is 7.14. The molecule has 0 spiro atoms. The number of imidazole rings is 1. The first-order chi connectivity index (χ1) is 10.1. The molecule has 3 rings (SSSR count). The van der Waals surface area contributed by atoms with Crippen LogP contribution in [-0.4, -0.2) is 14.5 Å². The SMILES string of the molecule is Cc1nccn1Cc1cncc(-c2ccc(Cl)c(Cl)c2)c1.Cl. The maximum atomic E-state index is 6.07. The molecule has 0 unspecified atom stereocenters. The predicted octanol–water partition coefficient (Wildman–Crippen LogP) is 5.03. The zero-order valence-electron chi connectivity index (χ0n) is 11.8. The molecule has 2 heterocycles. The number of pyridine rings is 1. The minimum Gasteiger partial charge on any atom is -0.331 e. The van der Waals surface area contributed by atoms with Crippen molar-refractivity contribution in [3.05, 3.63) is 70.5 Å². The molecule has 0 amide bonds. The summed E-state index contributed by atoms with van der Waals surface area (Å²) in [5.41, 5.74) is 3.13. The van der Waals surface area contributed by atoms with Crippen molar-refractivity contribution < 1.29 is 0 Å². The lowest BCUT2D eigenvalue weighted by molar-refractivity contribution is 0.759. The molecule has 6 heteroatoms. The highest BCUT2D eigenvalue weighted by molar-refractivity contribution is 6.42. The van der Waals surface area contributed by atoms with Crippen LogP contribution in [0.3, 0.4) is 0 Å². The second-order valence-corrected chi connectivity index (χ2v) is 5.63. The van der Waals surface area contributed by atoms with E-state index in [1.54, 1.807) is 12.3 Å². The van der Waals surface area contributed by atoms with Gasteiger partial charge in [0, 0.05) is 30.4 Å². The highest BCUT2D eigenvalue weighted by Gasteiger charge is 2.05. The van der Waals surface area contributed by atoms with E-state index >= 15 is 0 Å².